The molecule has 4 aromatic rings. The fraction of sp³-hybridized carbons (Fsp3) is 0. The lowest BCUT2D eigenvalue weighted by Crippen LogP contribution is -2.09. The number of H-pyrrole nitrogens is 1. The second-order valence-corrected chi connectivity index (χ2v) is 6.22. The average molecular weight is 366 g/mol. The summed E-state index contributed by atoms with van der Waals surface area (Å²) in [6.07, 6.45) is 12.3. The van der Waals surface area contributed by atoms with Gasteiger partial charge in [-0.3, -0.25) is 10.4 Å². The number of nitrogens with two attached hydrogens (primary N) is 1. The standard InChI is InChI=1S/C22H18N6/c1-2-3-7-16-12-27-22(28-16)20(23)18-9-15(11-26-21(18)24)19-13-25-10-14-6-4-5-8-17(14)19/h2-13,23H,1H2,(H2,24,26)(H,27,28)/b7-3-,23-20?. The molecule has 4 rings (SSSR count). The number of nitrogens with zero attached hydrogens (tertiary/aromatic N) is 3. The summed E-state index contributed by atoms with van der Waals surface area (Å²) in [6, 6.07) is 9.88. The summed E-state index contributed by atoms with van der Waals surface area (Å²) >= 11 is 0. The first kappa shape index (κ1) is 17.4. The molecule has 0 aliphatic heterocycles. The van der Waals surface area contributed by atoms with Gasteiger partial charge < -0.3 is 10.7 Å². The number of hydrogen-bond acceptors (Lipinski definition) is 5. The molecule has 0 amide bonds. The molecule has 28 heavy (non-hydrogen) atoms. The predicted octanol–water partition coefficient (Wildman–Crippen LogP) is 4.22. The second-order valence-electron chi connectivity index (χ2n) is 6.22. The molecule has 0 atom stereocenters. The fourth-order valence-electron chi connectivity index (χ4n) is 3.02. The van der Waals surface area contributed by atoms with Gasteiger partial charge in [0.1, 0.15) is 11.5 Å². The molecule has 0 aliphatic carbocycles. The van der Waals surface area contributed by atoms with Gasteiger partial charge in [0.05, 0.1) is 11.9 Å². The number of pyridine rings is 2. The summed E-state index contributed by atoms with van der Waals surface area (Å²) in [6.45, 7) is 3.64. The molecule has 0 saturated carbocycles. The highest BCUT2D eigenvalue weighted by Gasteiger charge is 2.15. The van der Waals surface area contributed by atoms with E-state index in [1.807, 2.05) is 42.6 Å². The molecule has 0 saturated heterocycles. The van der Waals surface area contributed by atoms with Crippen LogP contribution in [0.4, 0.5) is 5.82 Å². The SMILES string of the molecule is C=C/C=C\c1cnc(C(=N)c2cc(-c3cncc4ccccc34)cnc2N)[nH]1. The predicted molar refractivity (Wildman–Crippen MR) is 113 cm³/mol. The molecule has 0 fully saturated rings. The summed E-state index contributed by atoms with van der Waals surface area (Å²) in [5.41, 5.74) is 9.32. The first-order valence-corrected chi connectivity index (χ1v) is 8.69. The van der Waals surface area contributed by atoms with Gasteiger partial charge in [-0.05, 0) is 17.5 Å². The topological polar surface area (TPSA) is 104 Å². The second kappa shape index (κ2) is 7.28. The van der Waals surface area contributed by atoms with E-state index >= 15 is 0 Å². The first-order chi connectivity index (χ1) is 13.7. The average Bonchev–Trinajstić information content (AvgIpc) is 3.21. The molecular weight excluding hydrogens is 348 g/mol. The van der Waals surface area contributed by atoms with Gasteiger partial charge in [0, 0.05) is 40.7 Å². The van der Waals surface area contributed by atoms with E-state index in [9.17, 15) is 0 Å². The Balaban J connectivity index is 1.77. The van der Waals surface area contributed by atoms with Crippen molar-refractivity contribution in [2.24, 2.45) is 0 Å². The summed E-state index contributed by atoms with van der Waals surface area (Å²) < 4.78 is 0. The van der Waals surface area contributed by atoms with Gasteiger partial charge in [-0.15, -0.1) is 0 Å². The molecule has 4 N–H and O–H groups in total. The highest BCUT2D eigenvalue weighted by molar-refractivity contribution is 6.12. The zero-order chi connectivity index (χ0) is 19.5. The van der Waals surface area contributed by atoms with Gasteiger partial charge in [0.15, 0.2) is 5.82 Å². The molecule has 3 aromatic heterocycles. The van der Waals surface area contributed by atoms with E-state index in [0.29, 0.717) is 11.4 Å². The van der Waals surface area contributed by atoms with Crippen LogP contribution >= 0.6 is 0 Å². The van der Waals surface area contributed by atoms with Crippen LogP contribution in [0.15, 0.2) is 73.9 Å². The van der Waals surface area contributed by atoms with Crippen LogP contribution in [0.5, 0.6) is 0 Å². The van der Waals surface area contributed by atoms with Crippen molar-refractivity contribution in [3.05, 3.63) is 90.9 Å². The first-order valence-electron chi connectivity index (χ1n) is 8.69. The lowest BCUT2D eigenvalue weighted by atomic mass is 10.00. The van der Waals surface area contributed by atoms with Crippen LogP contribution in [-0.4, -0.2) is 25.6 Å². The van der Waals surface area contributed by atoms with Crippen LogP contribution in [0.1, 0.15) is 17.1 Å². The lowest BCUT2D eigenvalue weighted by Gasteiger charge is -2.10. The zero-order valence-corrected chi connectivity index (χ0v) is 15.1. The number of anilines is 1. The maximum Gasteiger partial charge on any atom is 0.156 e. The van der Waals surface area contributed by atoms with Crippen LogP contribution in [0.3, 0.4) is 0 Å². The molecule has 0 spiro atoms. The quantitative estimate of drug-likeness (QED) is 0.363. The monoisotopic (exact) mass is 366 g/mol. The van der Waals surface area contributed by atoms with Crippen LogP contribution < -0.4 is 5.73 Å². The molecule has 0 unspecified atom stereocenters. The van der Waals surface area contributed by atoms with Crippen molar-refractivity contribution in [3.8, 4) is 11.1 Å². The number of benzene rings is 1. The molecular formula is C22H18N6. The van der Waals surface area contributed by atoms with Crippen molar-refractivity contribution < 1.29 is 0 Å². The van der Waals surface area contributed by atoms with Crippen LogP contribution in [-0.2, 0) is 0 Å². The van der Waals surface area contributed by atoms with E-state index < -0.39 is 0 Å². The molecule has 0 bridgehead atoms. The maximum absolute atomic E-state index is 8.55. The van der Waals surface area contributed by atoms with Crippen LogP contribution in [0.2, 0.25) is 0 Å². The summed E-state index contributed by atoms with van der Waals surface area (Å²) in [5.74, 6) is 0.701. The fourth-order valence-corrected chi connectivity index (χ4v) is 3.02. The Morgan fingerprint density at radius 2 is 1.96 bits per heavy atom. The molecule has 1 aromatic carbocycles. The third-order valence-corrected chi connectivity index (χ3v) is 4.41. The van der Waals surface area contributed by atoms with Crippen LogP contribution in [0, 0.1) is 5.41 Å². The normalized spacial score (nSPS) is 11.1. The summed E-state index contributed by atoms with van der Waals surface area (Å²) in [5, 5.41) is 10.7. The molecule has 6 nitrogen and oxygen atoms in total. The molecule has 0 radical (unpaired) electrons. The van der Waals surface area contributed by atoms with E-state index in [4.69, 9.17) is 11.1 Å². The minimum Gasteiger partial charge on any atom is -0.383 e. The smallest absolute Gasteiger partial charge is 0.156 e. The van der Waals surface area contributed by atoms with E-state index in [2.05, 4.69) is 26.5 Å². The minimum atomic E-state index is 0.179. The summed E-state index contributed by atoms with van der Waals surface area (Å²) in [4.78, 5) is 16.0. The Morgan fingerprint density at radius 1 is 1.11 bits per heavy atom. The number of nitrogens with one attached hydrogen (secondary N) is 2. The number of fused-ring (bicyclic) bond motifs is 1. The van der Waals surface area contributed by atoms with E-state index in [1.165, 1.54) is 0 Å². The highest BCUT2D eigenvalue weighted by Crippen LogP contribution is 2.29. The van der Waals surface area contributed by atoms with Crippen LogP contribution in [0.25, 0.3) is 28.0 Å². The summed E-state index contributed by atoms with van der Waals surface area (Å²) in [7, 11) is 0. The number of imidazole rings is 1. The largest absolute Gasteiger partial charge is 0.383 e. The van der Waals surface area contributed by atoms with E-state index in [0.717, 1.165) is 27.6 Å². The number of hydrogen-bond donors (Lipinski definition) is 3. The molecule has 6 heteroatoms. The molecule has 0 aliphatic rings. The van der Waals surface area contributed by atoms with E-state index in [-0.39, 0.29) is 11.5 Å². The van der Waals surface area contributed by atoms with Gasteiger partial charge in [0.25, 0.3) is 0 Å². The Hall–Kier alpha value is -4.06. The highest BCUT2D eigenvalue weighted by atomic mass is 14.9. The zero-order valence-electron chi connectivity index (χ0n) is 15.1. The number of rotatable bonds is 5. The number of nitrogen functional groups attached to an aromatic ring is 1. The third kappa shape index (κ3) is 3.19. The van der Waals surface area contributed by atoms with Crippen molar-refractivity contribution in [3.63, 3.8) is 0 Å². The van der Waals surface area contributed by atoms with E-state index in [1.54, 1.807) is 30.7 Å². The number of allylic oxidation sites excluding steroid dienone is 2. The Bertz CT molecular complexity index is 1210. The van der Waals surface area contributed by atoms with Crippen molar-refractivity contribution >= 4 is 28.4 Å². The number of aromatic amines is 1. The Labute approximate surface area is 162 Å². The van der Waals surface area contributed by atoms with Crippen molar-refractivity contribution in [2.45, 2.75) is 0 Å². The van der Waals surface area contributed by atoms with Crippen molar-refractivity contribution in [1.82, 2.24) is 19.9 Å². The van der Waals surface area contributed by atoms with Gasteiger partial charge in [0.2, 0.25) is 0 Å². The number of aromatic nitrogens is 4. The Kier molecular flexibility index (Phi) is 4.51. The Morgan fingerprint density at radius 3 is 2.82 bits per heavy atom. The van der Waals surface area contributed by atoms with Gasteiger partial charge in [-0.25, -0.2) is 9.97 Å². The van der Waals surface area contributed by atoms with Crippen molar-refractivity contribution in [2.75, 3.05) is 5.73 Å². The maximum atomic E-state index is 8.55. The minimum absolute atomic E-state index is 0.179. The van der Waals surface area contributed by atoms with Gasteiger partial charge in [-0.2, -0.15) is 0 Å². The van der Waals surface area contributed by atoms with Crippen molar-refractivity contribution in [1.29, 1.82) is 5.41 Å². The van der Waals surface area contributed by atoms with Gasteiger partial charge in [-0.1, -0.05) is 43.0 Å². The molecule has 136 valence electrons. The lowest BCUT2D eigenvalue weighted by molar-refractivity contribution is 1.22. The molecule has 3 heterocycles. The third-order valence-electron chi connectivity index (χ3n) is 4.41. The van der Waals surface area contributed by atoms with Gasteiger partial charge >= 0.3 is 0 Å².